The maximum atomic E-state index is 13.1. The summed E-state index contributed by atoms with van der Waals surface area (Å²) < 4.78 is 30.5. The molecule has 1 spiro atoms. The van der Waals surface area contributed by atoms with Gasteiger partial charge in [0.1, 0.15) is 5.60 Å². The highest BCUT2D eigenvalue weighted by Crippen LogP contribution is 2.44. The topological polar surface area (TPSA) is 80.8 Å². The molecule has 136 valence electrons. The van der Waals surface area contributed by atoms with Gasteiger partial charge in [0.15, 0.2) is 15.6 Å². The largest absolute Gasteiger partial charge is 0.444 e. The minimum atomic E-state index is -3.62. The lowest BCUT2D eigenvalue weighted by Crippen LogP contribution is -2.54. The molecule has 3 rings (SSSR count). The number of rotatable bonds is 0. The van der Waals surface area contributed by atoms with Crippen LogP contribution in [0.5, 0.6) is 0 Å². The van der Waals surface area contributed by atoms with Crippen molar-refractivity contribution in [3.8, 4) is 0 Å². The van der Waals surface area contributed by atoms with Crippen LogP contribution in [0.3, 0.4) is 0 Å². The van der Waals surface area contributed by atoms with Crippen molar-refractivity contribution in [2.75, 3.05) is 13.1 Å². The molecule has 0 aromatic heterocycles. The summed E-state index contributed by atoms with van der Waals surface area (Å²) in [6.45, 7) is 5.90. The highest BCUT2D eigenvalue weighted by molar-refractivity contribution is 7.93. The molecule has 1 aromatic carbocycles. The Bertz CT molecular complexity index is 814. The van der Waals surface area contributed by atoms with Crippen LogP contribution in [0.4, 0.5) is 4.79 Å². The quantitative estimate of drug-likeness (QED) is 0.706. The predicted molar refractivity (Wildman–Crippen MR) is 92.3 cm³/mol. The van der Waals surface area contributed by atoms with Crippen molar-refractivity contribution >= 4 is 21.7 Å². The summed E-state index contributed by atoms with van der Waals surface area (Å²) in [5.41, 5.74) is -0.319. The number of likely N-dealkylation sites (tertiary alicyclic amines) is 1. The van der Waals surface area contributed by atoms with E-state index in [1.807, 2.05) is 0 Å². The van der Waals surface area contributed by atoms with Crippen LogP contribution >= 0.6 is 0 Å². The number of piperidine rings is 1. The number of nitrogens with zero attached hydrogens (tertiary/aromatic N) is 1. The van der Waals surface area contributed by atoms with Gasteiger partial charge in [-0.15, -0.1) is 0 Å². The molecular weight excluding hydrogens is 342 g/mol. The van der Waals surface area contributed by atoms with Gasteiger partial charge in [-0.2, -0.15) is 0 Å². The number of carbonyl (C=O) groups is 2. The van der Waals surface area contributed by atoms with E-state index in [1.165, 1.54) is 11.0 Å². The molecule has 2 aliphatic rings. The van der Waals surface area contributed by atoms with Gasteiger partial charge in [-0.3, -0.25) is 4.79 Å². The van der Waals surface area contributed by atoms with Gasteiger partial charge in [0.05, 0.1) is 9.64 Å². The van der Waals surface area contributed by atoms with Gasteiger partial charge in [-0.25, -0.2) is 13.2 Å². The van der Waals surface area contributed by atoms with Gasteiger partial charge in [-0.05, 0) is 39.7 Å². The second-order valence-corrected chi connectivity index (χ2v) is 10.1. The number of Topliss-reactive ketones (excluding diaryl/α,β-unsaturated/α-hetero) is 1. The fourth-order valence-corrected chi connectivity index (χ4v) is 5.75. The molecule has 2 heterocycles. The average Bonchev–Trinajstić information content (AvgIpc) is 2.52. The Kier molecular flexibility index (Phi) is 4.18. The van der Waals surface area contributed by atoms with E-state index >= 15 is 0 Å². The van der Waals surface area contributed by atoms with Crippen LogP contribution in [0, 0.1) is 0 Å². The lowest BCUT2D eigenvalue weighted by atomic mass is 9.88. The molecule has 0 bridgehead atoms. The number of carbonyl (C=O) groups excluding carboxylic acids is 2. The summed E-state index contributed by atoms with van der Waals surface area (Å²) in [6, 6.07) is 6.38. The van der Waals surface area contributed by atoms with Crippen LogP contribution < -0.4 is 0 Å². The standard InChI is InChI=1S/C18H23NO5S/c1-17(2,3)24-16(21)19-10-8-18(9-11-19)12-14(20)13-6-4-5-7-15(13)25(18,22)23/h4-7H,8-12H2,1-3H3. The number of hydrogen-bond donors (Lipinski definition) is 0. The molecule has 25 heavy (non-hydrogen) atoms. The lowest BCUT2D eigenvalue weighted by Gasteiger charge is -2.43. The Balaban J connectivity index is 1.84. The van der Waals surface area contributed by atoms with Crippen molar-refractivity contribution in [3.63, 3.8) is 0 Å². The summed E-state index contributed by atoms with van der Waals surface area (Å²) in [4.78, 5) is 26.3. The molecule has 0 atom stereocenters. The first kappa shape index (κ1) is 17.9. The van der Waals surface area contributed by atoms with Gasteiger partial charge < -0.3 is 9.64 Å². The summed E-state index contributed by atoms with van der Waals surface area (Å²) in [5.74, 6) is -0.142. The van der Waals surface area contributed by atoms with Gasteiger partial charge in [0.2, 0.25) is 0 Å². The summed E-state index contributed by atoms with van der Waals surface area (Å²) in [6.07, 6.45) is 0.0277. The number of amides is 1. The first-order chi connectivity index (χ1) is 11.6. The number of hydrogen-bond acceptors (Lipinski definition) is 5. The zero-order chi connectivity index (χ0) is 18.5. The van der Waals surface area contributed by atoms with Crippen molar-refractivity contribution in [1.82, 2.24) is 4.90 Å². The number of ketones is 1. The molecule has 0 N–H and O–H groups in total. The molecule has 2 aliphatic heterocycles. The fourth-order valence-electron chi connectivity index (χ4n) is 3.52. The van der Waals surface area contributed by atoms with E-state index in [-0.39, 0.29) is 48.6 Å². The zero-order valence-corrected chi connectivity index (χ0v) is 15.6. The SMILES string of the molecule is CC(C)(C)OC(=O)N1CCC2(CC1)CC(=O)c1ccccc1S2(=O)=O. The van der Waals surface area contributed by atoms with Crippen LogP contribution in [-0.4, -0.2) is 48.6 Å². The summed E-state index contributed by atoms with van der Waals surface area (Å²) in [5, 5.41) is 0. The van der Waals surface area contributed by atoms with Crippen molar-refractivity contribution in [2.45, 2.75) is 55.3 Å². The van der Waals surface area contributed by atoms with Crippen molar-refractivity contribution < 1.29 is 22.7 Å². The minimum Gasteiger partial charge on any atom is -0.444 e. The van der Waals surface area contributed by atoms with E-state index in [0.29, 0.717) is 0 Å². The maximum Gasteiger partial charge on any atom is 0.410 e. The van der Waals surface area contributed by atoms with Crippen molar-refractivity contribution in [2.24, 2.45) is 0 Å². The third-order valence-electron chi connectivity index (χ3n) is 4.86. The Morgan fingerprint density at radius 1 is 1.16 bits per heavy atom. The Labute approximate surface area is 148 Å². The molecule has 6 nitrogen and oxygen atoms in total. The molecule has 0 unspecified atom stereocenters. The van der Waals surface area contributed by atoms with Crippen LogP contribution in [-0.2, 0) is 14.6 Å². The Morgan fingerprint density at radius 3 is 2.36 bits per heavy atom. The predicted octanol–water partition coefficient (Wildman–Crippen LogP) is 2.82. The highest BCUT2D eigenvalue weighted by Gasteiger charge is 2.52. The Morgan fingerprint density at radius 2 is 1.76 bits per heavy atom. The molecule has 0 aliphatic carbocycles. The monoisotopic (exact) mass is 365 g/mol. The van der Waals surface area contributed by atoms with Crippen LogP contribution in [0.2, 0.25) is 0 Å². The van der Waals surface area contributed by atoms with E-state index in [2.05, 4.69) is 0 Å². The maximum absolute atomic E-state index is 13.1. The minimum absolute atomic E-state index is 0.0193. The van der Waals surface area contributed by atoms with E-state index in [4.69, 9.17) is 4.74 Å². The number of sulfone groups is 1. The van der Waals surface area contributed by atoms with Crippen molar-refractivity contribution in [3.05, 3.63) is 29.8 Å². The number of benzene rings is 1. The average molecular weight is 365 g/mol. The molecule has 1 fully saturated rings. The van der Waals surface area contributed by atoms with Crippen LogP contribution in [0.1, 0.15) is 50.4 Å². The van der Waals surface area contributed by atoms with E-state index in [9.17, 15) is 18.0 Å². The second kappa shape index (κ2) is 5.83. The lowest BCUT2D eigenvalue weighted by molar-refractivity contribution is 0.0192. The van der Waals surface area contributed by atoms with Gasteiger partial charge in [0, 0.05) is 25.1 Å². The molecule has 1 amide bonds. The zero-order valence-electron chi connectivity index (χ0n) is 14.7. The highest BCUT2D eigenvalue weighted by atomic mass is 32.2. The normalized spacial score (nSPS) is 21.7. The fraction of sp³-hybridized carbons (Fsp3) is 0.556. The van der Waals surface area contributed by atoms with E-state index in [1.54, 1.807) is 39.0 Å². The smallest absolute Gasteiger partial charge is 0.410 e. The van der Waals surface area contributed by atoms with Gasteiger partial charge >= 0.3 is 6.09 Å². The molecule has 1 saturated heterocycles. The second-order valence-electron chi connectivity index (χ2n) is 7.75. The summed E-state index contributed by atoms with van der Waals surface area (Å²) >= 11 is 0. The third-order valence-corrected chi connectivity index (χ3v) is 7.48. The van der Waals surface area contributed by atoms with E-state index in [0.717, 1.165) is 0 Å². The first-order valence-electron chi connectivity index (χ1n) is 8.41. The Hall–Kier alpha value is -1.89. The van der Waals surface area contributed by atoms with Crippen LogP contribution in [0.15, 0.2) is 29.2 Å². The summed E-state index contributed by atoms with van der Waals surface area (Å²) in [7, 11) is -3.62. The first-order valence-corrected chi connectivity index (χ1v) is 9.89. The van der Waals surface area contributed by atoms with Crippen LogP contribution in [0.25, 0.3) is 0 Å². The molecular formula is C18H23NO5S. The molecule has 0 radical (unpaired) electrons. The van der Waals surface area contributed by atoms with Gasteiger partial charge in [0.25, 0.3) is 0 Å². The molecule has 7 heteroatoms. The van der Waals surface area contributed by atoms with Gasteiger partial charge in [-0.1, -0.05) is 18.2 Å². The third kappa shape index (κ3) is 3.05. The molecule has 1 aromatic rings. The number of fused-ring (bicyclic) bond motifs is 1. The number of ether oxygens (including phenoxy) is 1. The van der Waals surface area contributed by atoms with Crippen molar-refractivity contribution in [1.29, 1.82) is 0 Å². The van der Waals surface area contributed by atoms with E-state index < -0.39 is 26.3 Å². The molecule has 0 saturated carbocycles.